The number of nitrogens with zero attached hydrogens (tertiary/aromatic N) is 2. The normalized spacial score (nSPS) is 13.2. The highest BCUT2D eigenvalue weighted by molar-refractivity contribution is 6.06. The Hall–Kier alpha value is -3.95. The topological polar surface area (TPSA) is 136 Å². The molecule has 2 rings (SSSR count). The molecule has 140 valence electrons. The van der Waals surface area contributed by atoms with Gasteiger partial charge in [0.2, 0.25) is 0 Å². The van der Waals surface area contributed by atoms with E-state index in [0.29, 0.717) is 0 Å². The molecule has 1 heterocycles. The van der Waals surface area contributed by atoms with Crippen LogP contribution in [-0.2, 0) is 19.1 Å². The first-order chi connectivity index (χ1) is 12.8. The first kappa shape index (κ1) is 19.4. The molecular formula is C17H14N2O8. The van der Waals surface area contributed by atoms with E-state index >= 15 is 0 Å². The number of benzene rings is 1. The van der Waals surface area contributed by atoms with Crippen LogP contribution in [0.3, 0.4) is 0 Å². The Morgan fingerprint density at radius 1 is 1.11 bits per heavy atom. The van der Waals surface area contributed by atoms with E-state index in [1.54, 1.807) is 0 Å². The lowest BCUT2D eigenvalue weighted by atomic mass is 10.1. The van der Waals surface area contributed by atoms with Crippen molar-refractivity contribution in [3.63, 3.8) is 0 Å². The molecule has 0 unspecified atom stereocenters. The maximum absolute atomic E-state index is 12.3. The van der Waals surface area contributed by atoms with Crippen LogP contribution in [0.15, 0.2) is 53.9 Å². The standard InChI is InChI=1S/C17H14N2O8/c1-26-16(22)11-5-3-4-8-18(14(11)17(23)27-2)12-7-6-10(15(20)21)9-13(12)19(24)25/h3-9H,1-2H3,(H,20,21). The number of carbonyl (C=O) groups is 3. The van der Waals surface area contributed by atoms with Gasteiger partial charge in [-0.3, -0.25) is 10.1 Å². The number of hydrogen-bond acceptors (Lipinski definition) is 8. The van der Waals surface area contributed by atoms with Crippen LogP contribution in [0.2, 0.25) is 0 Å². The molecule has 1 aromatic carbocycles. The number of aromatic carboxylic acids is 1. The SMILES string of the molecule is COC(=O)C1=C(C(=O)OC)N(c2ccc(C(=O)O)cc2[N+](=O)[O-])C=CC=C1. The number of allylic oxidation sites excluding steroid dienone is 2. The van der Waals surface area contributed by atoms with E-state index in [2.05, 4.69) is 4.74 Å². The Morgan fingerprint density at radius 2 is 1.78 bits per heavy atom. The molecule has 0 atom stereocenters. The number of ether oxygens (including phenoxy) is 2. The van der Waals surface area contributed by atoms with Crippen molar-refractivity contribution in [3.8, 4) is 0 Å². The molecule has 0 fully saturated rings. The summed E-state index contributed by atoms with van der Waals surface area (Å²) in [5.41, 5.74) is -1.52. The molecule has 1 aliphatic heterocycles. The zero-order valence-corrected chi connectivity index (χ0v) is 14.2. The molecule has 0 bridgehead atoms. The molecule has 0 aromatic heterocycles. The van der Waals surface area contributed by atoms with Crippen molar-refractivity contribution in [2.24, 2.45) is 0 Å². The summed E-state index contributed by atoms with van der Waals surface area (Å²) < 4.78 is 9.37. The number of carbonyl (C=O) groups excluding carboxylic acids is 2. The van der Waals surface area contributed by atoms with Gasteiger partial charge in [0, 0.05) is 12.3 Å². The third kappa shape index (κ3) is 3.84. The van der Waals surface area contributed by atoms with E-state index in [0.717, 1.165) is 37.3 Å². The lowest BCUT2D eigenvalue weighted by Crippen LogP contribution is -2.27. The monoisotopic (exact) mass is 374 g/mol. The second-order valence-corrected chi connectivity index (χ2v) is 5.08. The number of nitro benzene ring substituents is 1. The highest BCUT2D eigenvalue weighted by Gasteiger charge is 2.31. The summed E-state index contributed by atoms with van der Waals surface area (Å²) in [5.74, 6) is -3.15. The van der Waals surface area contributed by atoms with E-state index < -0.39 is 28.5 Å². The number of anilines is 1. The minimum atomic E-state index is -1.35. The molecule has 27 heavy (non-hydrogen) atoms. The summed E-state index contributed by atoms with van der Waals surface area (Å²) in [4.78, 5) is 47.3. The highest BCUT2D eigenvalue weighted by atomic mass is 16.6. The molecule has 1 aliphatic rings. The van der Waals surface area contributed by atoms with Gasteiger partial charge in [-0.25, -0.2) is 14.4 Å². The summed E-state index contributed by atoms with van der Waals surface area (Å²) in [7, 11) is 2.20. The van der Waals surface area contributed by atoms with Crippen molar-refractivity contribution >= 4 is 29.3 Å². The average Bonchev–Trinajstić information content (AvgIpc) is 2.88. The maximum atomic E-state index is 12.3. The van der Waals surface area contributed by atoms with Crippen LogP contribution in [0.4, 0.5) is 11.4 Å². The quantitative estimate of drug-likeness (QED) is 0.464. The highest BCUT2D eigenvalue weighted by Crippen LogP contribution is 2.34. The van der Waals surface area contributed by atoms with Gasteiger partial charge in [-0.05, 0) is 24.3 Å². The number of carboxylic acids is 1. The molecule has 0 aliphatic carbocycles. The average molecular weight is 374 g/mol. The molecular weight excluding hydrogens is 360 g/mol. The molecule has 10 heteroatoms. The predicted octanol–water partition coefficient (Wildman–Crippen LogP) is 1.78. The van der Waals surface area contributed by atoms with E-state index in [9.17, 15) is 24.5 Å². The largest absolute Gasteiger partial charge is 0.478 e. The van der Waals surface area contributed by atoms with Gasteiger partial charge >= 0.3 is 17.9 Å². The molecule has 10 nitrogen and oxygen atoms in total. The van der Waals surface area contributed by atoms with Gasteiger partial charge in [-0.2, -0.15) is 0 Å². The Balaban J connectivity index is 2.78. The number of methoxy groups -OCH3 is 2. The van der Waals surface area contributed by atoms with Gasteiger partial charge in [0.25, 0.3) is 5.69 Å². The molecule has 0 spiro atoms. The molecule has 1 aromatic rings. The fourth-order valence-electron chi connectivity index (χ4n) is 2.36. The van der Waals surface area contributed by atoms with Crippen LogP contribution < -0.4 is 4.90 Å². The van der Waals surface area contributed by atoms with Crippen molar-refractivity contribution in [2.45, 2.75) is 0 Å². The number of hydrogen-bond donors (Lipinski definition) is 1. The van der Waals surface area contributed by atoms with Crippen molar-refractivity contribution in [3.05, 3.63) is 69.6 Å². The lowest BCUT2D eigenvalue weighted by Gasteiger charge is -2.22. The zero-order chi connectivity index (χ0) is 20.1. The van der Waals surface area contributed by atoms with E-state index in [-0.39, 0.29) is 22.5 Å². The number of nitro groups is 1. The maximum Gasteiger partial charge on any atom is 0.355 e. The van der Waals surface area contributed by atoms with Crippen LogP contribution in [0.25, 0.3) is 0 Å². The zero-order valence-electron chi connectivity index (χ0n) is 14.2. The smallest absolute Gasteiger partial charge is 0.355 e. The van der Waals surface area contributed by atoms with E-state index in [4.69, 9.17) is 9.84 Å². The number of carboxylic acid groups (broad SMARTS) is 1. The third-order valence-electron chi connectivity index (χ3n) is 3.57. The van der Waals surface area contributed by atoms with Crippen LogP contribution in [0.5, 0.6) is 0 Å². The Labute approximate surface area is 152 Å². The van der Waals surface area contributed by atoms with Gasteiger partial charge in [0.05, 0.1) is 30.3 Å². The summed E-state index contributed by atoms with van der Waals surface area (Å²) in [5, 5.41) is 20.5. The van der Waals surface area contributed by atoms with Crippen LogP contribution >= 0.6 is 0 Å². The van der Waals surface area contributed by atoms with Gasteiger partial charge in [0.15, 0.2) is 0 Å². The summed E-state index contributed by atoms with van der Waals surface area (Å²) in [6.07, 6.45) is 5.48. The van der Waals surface area contributed by atoms with Crippen molar-refractivity contribution in [2.75, 3.05) is 19.1 Å². The Morgan fingerprint density at radius 3 is 2.33 bits per heavy atom. The molecule has 1 N–H and O–H groups in total. The molecule has 0 radical (unpaired) electrons. The van der Waals surface area contributed by atoms with Gasteiger partial charge in [-0.1, -0.05) is 6.08 Å². The second-order valence-electron chi connectivity index (χ2n) is 5.08. The third-order valence-corrected chi connectivity index (χ3v) is 3.57. The molecule has 0 amide bonds. The van der Waals surface area contributed by atoms with Crippen LogP contribution in [0.1, 0.15) is 10.4 Å². The van der Waals surface area contributed by atoms with Crippen molar-refractivity contribution < 1.29 is 33.9 Å². The van der Waals surface area contributed by atoms with Crippen LogP contribution in [0, 0.1) is 10.1 Å². The number of rotatable bonds is 5. The summed E-state index contributed by atoms with van der Waals surface area (Å²) >= 11 is 0. The lowest BCUT2D eigenvalue weighted by molar-refractivity contribution is -0.384. The fourth-order valence-corrected chi connectivity index (χ4v) is 2.36. The summed E-state index contributed by atoms with van der Waals surface area (Å²) in [6, 6.07) is 3.16. The second kappa shape index (κ2) is 7.95. The van der Waals surface area contributed by atoms with Crippen LogP contribution in [-0.4, -0.2) is 42.2 Å². The van der Waals surface area contributed by atoms with Crippen molar-refractivity contribution in [1.29, 1.82) is 0 Å². The first-order valence-electron chi connectivity index (χ1n) is 7.38. The Bertz CT molecular complexity index is 914. The van der Waals surface area contributed by atoms with Crippen molar-refractivity contribution in [1.82, 2.24) is 0 Å². The molecule has 0 saturated heterocycles. The Kier molecular flexibility index (Phi) is 5.71. The minimum absolute atomic E-state index is 0.133. The number of esters is 2. The molecule has 0 saturated carbocycles. The minimum Gasteiger partial charge on any atom is -0.478 e. The van der Waals surface area contributed by atoms with Gasteiger partial charge in [-0.15, -0.1) is 0 Å². The van der Waals surface area contributed by atoms with Gasteiger partial charge in [0.1, 0.15) is 11.4 Å². The fraction of sp³-hybridized carbons (Fsp3) is 0.118. The first-order valence-corrected chi connectivity index (χ1v) is 7.38. The van der Waals surface area contributed by atoms with E-state index in [1.807, 2.05) is 0 Å². The summed E-state index contributed by atoms with van der Waals surface area (Å²) in [6.45, 7) is 0. The predicted molar refractivity (Wildman–Crippen MR) is 91.9 cm³/mol. The van der Waals surface area contributed by atoms with Gasteiger partial charge < -0.3 is 19.5 Å². The van der Waals surface area contributed by atoms with E-state index in [1.165, 1.54) is 24.4 Å².